The molecule has 10 nitrogen and oxygen atoms in total. The molecular weight excluding hydrogens is 460 g/mol. The third-order valence-electron chi connectivity index (χ3n) is 7.06. The molecular formula is C26H34N6O4. The van der Waals surface area contributed by atoms with Crippen molar-refractivity contribution in [3.05, 3.63) is 35.5 Å². The fourth-order valence-electron chi connectivity index (χ4n) is 4.93. The molecule has 0 saturated carbocycles. The van der Waals surface area contributed by atoms with Crippen molar-refractivity contribution in [2.45, 2.75) is 39.8 Å². The molecule has 3 aliphatic rings. The highest BCUT2D eigenvalue weighted by atomic mass is 16.5. The van der Waals surface area contributed by atoms with Crippen molar-refractivity contribution < 1.29 is 19.1 Å². The van der Waals surface area contributed by atoms with Gasteiger partial charge in [-0.3, -0.25) is 4.79 Å². The second-order valence-corrected chi connectivity index (χ2v) is 10.0. The van der Waals surface area contributed by atoms with Crippen molar-refractivity contribution in [1.29, 1.82) is 0 Å². The minimum absolute atomic E-state index is 0.139. The molecule has 10 heteroatoms. The van der Waals surface area contributed by atoms with Gasteiger partial charge in [0.15, 0.2) is 5.82 Å². The van der Waals surface area contributed by atoms with E-state index in [9.17, 15) is 9.59 Å². The Kier molecular flexibility index (Phi) is 6.81. The zero-order chi connectivity index (χ0) is 25.3. The number of hydrogen-bond donors (Lipinski definition) is 2. The Hall–Kier alpha value is -3.24. The van der Waals surface area contributed by atoms with E-state index < -0.39 is 5.41 Å². The van der Waals surface area contributed by atoms with E-state index in [1.807, 2.05) is 43.0 Å². The highest BCUT2D eigenvalue weighted by Gasteiger charge is 2.44. The Labute approximate surface area is 211 Å². The maximum absolute atomic E-state index is 13.2. The number of fused-ring (bicyclic) bond motifs is 1. The summed E-state index contributed by atoms with van der Waals surface area (Å²) < 4.78 is 11.0. The number of urea groups is 1. The number of aromatic nitrogens is 2. The number of carbonyl (C=O) groups excluding carboxylic acids is 2. The molecule has 1 aromatic heterocycles. The molecule has 0 radical (unpaired) electrons. The quantitative estimate of drug-likeness (QED) is 0.657. The third kappa shape index (κ3) is 4.75. The fraction of sp³-hybridized carbons (Fsp3) is 0.538. The molecule has 0 bridgehead atoms. The number of anilines is 2. The third-order valence-corrected chi connectivity index (χ3v) is 7.06. The summed E-state index contributed by atoms with van der Waals surface area (Å²) >= 11 is 0. The molecule has 36 heavy (non-hydrogen) atoms. The van der Waals surface area contributed by atoms with Crippen LogP contribution in [0.15, 0.2) is 24.3 Å². The molecule has 1 atom stereocenters. The van der Waals surface area contributed by atoms with Crippen molar-refractivity contribution >= 4 is 23.4 Å². The van der Waals surface area contributed by atoms with Gasteiger partial charge in [-0.2, -0.15) is 0 Å². The van der Waals surface area contributed by atoms with Gasteiger partial charge in [-0.25, -0.2) is 14.8 Å². The van der Waals surface area contributed by atoms with Crippen LogP contribution in [-0.2, 0) is 27.2 Å². The zero-order valence-electron chi connectivity index (χ0n) is 21.2. The second-order valence-electron chi connectivity index (χ2n) is 10.0. The van der Waals surface area contributed by atoms with Crippen LogP contribution in [-0.4, -0.2) is 78.9 Å². The van der Waals surface area contributed by atoms with Crippen LogP contribution in [0.4, 0.5) is 16.3 Å². The minimum atomic E-state index is -0.436. The van der Waals surface area contributed by atoms with Gasteiger partial charge in [0.1, 0.15) is 5.82 Å². The molecule has 0 aliphatic carbocycles. The second kappa shape index (κ2) is 10.0. The van der Waals surface area contributed by atoms with Gasteiger partial charge in [-0.1, -0.05) is 0 Å². The van der Waals surface area contributed by atoms with Gasteiger partial charge in [0.25, 0.3) is 0 Å². The molecule has 3 aliphatic heterocycles. The van der Waals surface area contributed by atoms with E-state index in [0.717, 1.165) is 29.2 Å². The van der Waals surface area contributed by atoms with Gasteiger partial charge < -0.3 is 29.9 Å². The van der Waals surface area contributed by atoms with Gasteiger partial charge in [-0.05, 0) is 45.0 Å². The Morgan fingerprint density at radius 3 is 2.58 bits per heavy atom. The minimum Gasteiger partial charge on any atom is -0.379 e. The summed E-state index contributed by atoms with van der Waals surface area (Å²) in [7, 11) is 0. The average molecular weight is 495 g/mol. The first-order chi connectivity index (χ1) is 17.4. The first kappa shape index (κ1) is 24.5. The molecule has 0 spiro atoms. The first-order valence-corrected chi connectivity index (χ1v) is 12.6. The normalized spacial score (nSPS) is 20.8. The first-order valence-electron chi connectivity index (χ1n) is 12.6. The standard InChI is InChI=1S/C26H34N6O4/c1-4-27-25(34)28-19-7-5-18(6-8-19)22-29-21-9-10-31(24(33)26(3)15-36-16-26)13-20(21)23(30-22)32-11-12-35-14-17(32)2/h5-8,17H,4,9-16H2,1-3H3,(H2,27,28,34). The van der Waals surface area contributed by atoms with Crippen LogP contribution in [0.5, 0.6) is 0 Å². The number of benzene rings is 1. The number of morpholine rings is 1. The molecule has 1 unspecified atom stereocenters. The Balaban J connectivity index is 1.46. The van der Waals surface area contributed by atoms with E-state index >= 15 is 0 Å². The molecule has 3 amide bonds. The van der Waals surface area contributed by atoms with Crippen LogP contribution in [0.3, 0.4) is 0 Å². The predicted molar refractivity (Wildman–Crippen MR) is 136 cm³/mol. The van der Waals surface area contributed by atoms with E-state index in [0.29, 0.717) is 64.0 Å². The van der Waals surface area contributed by atoms with Crippen molar-refractivity contribution in [1.82, 2.24) is 20.2 Å². The topological polar surface area (TPSA) is 109 Å². The fourth-order valence-corrected chi connectivity index (χ4v) is 4.93. The number of amides is 3. The van der Waals surface area contributed by atoms with Gasteiger partial charge in [0.05, 0.1) is 50.1 Å². The summed E-state index contributed by atoms with van der Waals surface area (Å²) in [5.74, 6) is 1.66. The maximum Gasteiger partial charge on any atom is 0.319 e. The van der Waals surface area contributed by atoms with Gasteiger partial charge in [-0.15, -0.1) is 0 Å². The number of nitrogens with one attached hydrogen (secondary N) is 2. The summed E-state index contributed by atoms with van der Waals surface area (Å²) in [6.45, 7) is 10.6. The van der Waals surface area contributed by atoms with Crippen molar-refractivity contribution in [2.75, 3.05) is 56.3 Å². The van der Waals surface area contributed by atoms with Crippen LogP contribution in [0.25, 0.3) is 11.4 Å². The number of hydrogen-bond acceptors (Lipinski definition) is 7. The smallest absolute Gasteiger partial charge is 0.319 e. The Bertz CT molecular complexity index is 1130. The lowest BCUT2D eigenvalue weighted by molar-refractivity contribution is -0.169. The molecule has 2 N–H and O–H groups in total. The highest BCUT2D eigenvalue weighted by molar-refractivity contribution is 5.89. The van der Waals surface area contributed by atoms with Crippen LogP contribution in [0.2, 0.25) is 0 Å². The van der Waals surface area contributed by atoms with Crippen LogP contribution in [0.1, 0.15) is 32.0 Å². The molecule has 2 aromatic rings. The summed E-state index contributed by atoms with van der Waals surface area (Å²) in [5.41, 5.74) is 3.14. The molecule has 1 aromatic carbocycles. The molecule has 2 saturated heterocycles. The Morgan fingerprint density at radius 1 is 1.14 bits per heavy atom. The summed E-state index contributed by atoms with van der Waals surface area (Å²) in [6.07, 6.45) is 0.677. The van der Waals surface area contributed by atoms with Crippen molar-refractivity contribution in [3.63, 3.8) is 0 Å². The van der Waals surface area contributed by atoms with Crippen LogP contribution >= 0.6 is 0 Å². The average Bonchev–Trinajstić information content (AvgIpc) is 2.87. The summed E-state index contributed by atoms with van der Waals surface area (Å²) in [6, 6.07) is 7.48. The SMILES string of the molecule is CCNC(=O)Nc1ccc(-c2nc3c(c(N4CCOCC4C)n2)CN(C(=O)C2(C)COC2)CC3)cc1. The summed E-state index contributed by atoms with van der Waals surface area (Å²) in [4.78, 5) is 39.3. The van der Waals surface area contributed by atoms with Gasteiger partial charge in [0, 0.05) is 42.9 Å². The van der Waals surface area contributed by atoms with E-state index in [4.69, 9.17) is 19.4 Å². The zero-order valence-corrected chi connectivity index (χ0v) is 21.2. The number of carbonyl (C=O) groups is 2. The lowest BCUT2D eigenvalue weighted by Gasteiger charge is -2.42. The van der Waals surface area contributed by atoms with E-state index in [-0.39, 0.29) is 18.0 Å². The lowest BCUT2D eigenvalue weighted by atomic mass is 9.86. The van der Waals surface area contributed by atoms with E-state index in [1.165, 1.54) is 0 Å². The van der Waals surface area contributed by atoms with Crippen molar-refractivity contribution in [3.8, 4) is 11.4 Å². The largest absolute Gasteiger partial charge is 0.379 e. The van der Waals surface area contributed by atoms with Gasteiger partial charge >= 0.3 is 6.03 Å². The molecule has 5 rings (SSSR count). The van der Waals surface area contributed by atoms with Gasteiger partial charge in [0.2, 0.25) is 5.91 Å². The predicted octanol–water partition coefficient (Wildman–Crippen LogP) is 2.43. The monoisotopic (exact) mass is 494 g/mol. The number of ether oxygens (including phenoxy) is 2. The van der Waals surface area contributed by atoms with E-state index in [1.54, 1.807) is 0 Å². The lowest BCUT2D eigenvalue weighted by Crippen LogP contribution is -2.54. The number of rotatable bonds is 5. The Morgan fingerprint density at radius 2 is 1.92 bits per heavy atom. The maximum atomic E-state index is 13.2. The van der Waals surface area contributed by atoms with Crippen LogP contribution < -0.4 is 15.5 Å². The highest BCUT2D eigenvalue weighted by Crippen LogP contribution is 2.35. The molecule has 2 fully saturated rings. The van der Waals surface area contributed by atoms with E-state index in [2.05, 4.69) is 22.5 Å². The summed E-state index contributed by atoms with van der Waals surface area (Å²) in [5, 5.41) is 5.54. The number of nitrogens with zero attached hydrogens (tertiary/aromatic N) is 4. The van der Waals surface area contributed by atoms with Crippen LogP contribution in [0, 0.1) is 5.41 Å². The molecule has 192 valence electrons. The van der Waals surface area contributed by atoms with Crippen molar-refractivity contribution in [2.24, 2.45) is 5.41 Å². The molecule has 4 heterocycles.